The zero-order valence-electron chi connectivity index (χ0n) is 13.4. The maximum Gasteiger partial charge on any atom is 0.142 e. The summed E-state index contributed by atoms with van der Waals surface area (Å²) >= 11 is 9.63. The van der Waals surface area contributed by atoms with Crippen molar-refractivity contribution in [1.82, 2.24) is 9.78 Å². The molecule has 0 aliphatic carbocycles. The number of hydrogen-bond acceptors (Lipinski definition) is 1. The highest BCUT2D eigenvalue weighted by Crippen LogP contribution is 2.36. The molecule has 0 fully saturated rings. The van der Waals surface area contributed by atoms with Crippen molar-refractivity contribution in [2.24, 2.45) is 0 Å². The lowest BCUT2D eigenvalue weighted by atomic mass is 9.89. The van der Waals surface area contributed by atoms with Crippen molar-refractivity contribution < 1.29 is 0 Å². The zero-order chi connectivity index (χ0) is 15.9. The molecule has 1 heterocycles. The zero-order valence-corrected chi connectivity index (χ0v) is 18.7. The van der Waals surface area contributed by atoms with Gasteiger partial charge in [0, 0.05) is 0 Å². The van der Waals surface area contributed by atoms with Crippen LogP contribution >= 0.6 is 54.5 Å². The Hall–Kier alpha value is 0.900. The van der Waals surface area contributed by atoms with Gasteiger partial charge >= 0.3 is 0 Å². The Labute approximate surface area is 160 Å². The molecular formula is C16H27Br2IN2. The minimum absolute atomic E-state index is 0.118. The van der Waals surface area contributed by atoms with Crippen molar-refractivity contribution in [3.8, 4) is 0 Å². The van der Waals surface area contributed by atoms with Crippen LogP contribution in [-0.4, -0.2) is 9.78 Å². The third-order valence-electron chi connectivity index (χ3n) is 4.14. The third kappa shape index (κ3) is 5.79. The van der Waals surface area contributed by atoms with Crippen molar-refractivity contribution >= 4 is 54.5 Å². The van der Waals surface area contributed by atoms with Gasteiger partial charge in [-0.25, -0.2) is 0 Å². The second kappa shape index (κ2) is 9.91. The SMILES string of the molecule is CCCCCCCC(C)(CCCC)n1nc(Br)c(I)c1Br. The lowest BCUT2D eigenvalue weighted by Gasteiger charge is -2.31. The molecule has 0 amide bonds. The Morgan fingerprint density at radius 1 is 1.00 bits per heavy atom. The fraction of sp³-hybridized carbons (Fsp3) is 0.812. The molecule has 0 saturated heterocycles. The minimum atomic E-state index is 0.118. The number of rotatable bonds is 10. The van der Waals surface area contributed by atoms with Crippen LogP contribution in [0.2, 0.25) is 0 Å². The molecule has 21 heavy (non-hydrogen) atoms. The summed E-state index contributed by atoms with van der Waals surface area (Å²) in [4.78, 5) is 0. The quantitative estimate of drug-likeness (QED) is 0.228. The normalized spacial score (nSPS) is 14.4. The van der Waals surface area contributed by atoms with Crippen LogP contribution in [0, 0.1) is 3.57 Å². The van der Waals surface area contributed by atoms with Gasteiger partial charge in [0.15, 0.2) is 0 Å². The van der Waals surface area contributed by atoms with Crippen molar-refractivity contribution in [2.75, 3.05) is 0 Å². The fourth-order valence-electron chi connectivity index (χ4n) is 2.72. The molecule has 0 aliphatic rings. The first-order chi connectivity index (χ1) is 9.96. The Morgan fingerprint density at radius 3 is 2.10 bits per heavy atom. The van der Waals surface area contributed by atoms with Crippen LogP contribution in [0.1, 0.15) is 78.6 Å². The summed E-state index contributed by atoms with van der Waals surface area (Å²) in [6.45, 7) is 6.90. The Bertz CT molecular complexity index is 434. The van der Waals surface area contributed by atoms with E-state index in [1.807, 2.05) is 0 Å². The molecule has 0 spiro atoms. The van der Waals surface area contributed by atoms with E-state index < -0.39 is 0 Å². The largest absolute Gasteiger partial charge is 0.250 e. The number of unbranched alkanes of at least 4 members (excludes halogenated alkanes) is 5. The van der Waals surface area contributed by atoms with Crippen molar-refractivity contribution in [3.05, 3.63) is 12.8 Å². The molecule has 0 bridgehead atoms. The van der Waals surface area contributed by atoms with E-state index in [0.29, 0.717) is 0 Å². The standard InChI is InChI=1S/C16H27Br2IN2/c1-4-6-8-9-10-12-16(3,11-7-5-2)21-15(18)13(19)14(17)20-21/h4-12H2,1-3H3. The minimum Gasteiger partial charge on any atom is -0.250 e. The molecule has 122 valence electrons. The van der Waals surface area contributed by atoms with Gasteiger partial charge in [-0.05, 0) is 74.2 Å². The van der Waals surface area contributed by atoms with Gasteiger partial charge < -0.3 is 0 Å². The summed E-state index contributed by atoms with van der Waals surface area (Å²) in [6, 6.07) is 0. The first kappa shape index (κ1) is 19.9. The highest BCUT2D eigenvalue weighted by atomic mass is 127. The van der Waals surface area contributed by atoms with Gasteiger partial charge in [-0.2, -0.15) is 5.10 Å². The van der Waals surface area contributed by atoms with E-state index in [1.165, 1.54) is 61.4 Å². The fourth-order valence-corrected chi connectivity index (χ4v) is 4.36. The summed E-state index contributed by atoms with van der Waals surface area (Å²) in [5.41, 5.74) is 0.118. The summed E-state index contributed by atoms with van der Waals surface area (Å²) in [5.74, 6) is 0. The molecule has 1 aromatic rings. The van der Waals surface area contributed by atoms with Crippen LogP contribution in [0.4, 0.5) is 0 Å². The predicted octanol–water partition coefficient (Wildman–Crippen LogP) is 7.28. The van der Waals surface area contributed by atoms with Crippen molar-refractivity contribution in [3.63, 3.8) is 0 Å². The van der Waals surface area contributed by atoms with Gasteiger partial charge in [0.2, 0.25) is 0 Å². The molecule has 1 rings (SSSR count). The molecule has 0 aromatic carbocycles. The average Bonchev–Trinajstić information content (AvgIpc) is 2.73. The van der Waals surface area contributed by atoms with Gasteiger partial charge in [-0.15, -0.1) is 0 Å². The maximum absolute atomic E-state index is 4.73. The van der Waals surface area contributed by atoms with Crippen LogP contribution in [0.15, 0.2) is 9.21 Å². The van der Waals surface area contributed by atoms with Crippen LogP contribution in [-0.2, 0) is 5.54 Å². The topological polar surface area (TPSA) is 17.8 Å². The lowest BCUT2D eigenvalue weighted by Crippen LogP contribution is -2.31. The first-order valence-electron chi connectivity index (χ1n) is 8.06. The van der Waals surface area contributed by atoms with Crippen LogP contribution in [0.5, 0.6) is 0 Å². The summed E-state index contributed by atoms with van der Waals surface area (Å²) in [6.07, 6.45) is 11.6. The van der Waals surface area contributed by atoms with Gasteiger partial charge in [0.1, 0.15) is 9.21 Å². The molecule has 0 radical (unpaired) electrons. The molecule has 2 nitrogen and oxygen atoms in total. The van der Waals surface area contributed by atoms with E-state index >= 15 is 0 Å². The highest BCUT2D eigenvalue weighted by Gasteiger charge is 2.30. The smallest absolute Gasteiger partial charge is 0.142 e. The molecular weight excluding hydrogens is 507 g/mol. The Morgan fingerprint density at radius 2 is 1.57 bits per heavy atom. The molecule has 1 atom stereocenters. The number of aromatic nitrogens is 2. The monoisotopic (exact) mass is 532 g/mol. The molecule has 0 saturated carbocycles. The van der Waals surface area contributed by atoms with Crippen LogP contribution < -0.4 is 0 Å². The van der Waals surface area contributed by atoms with Gasteiger partial charge in [0.25, 0.3) is 0 Å². The second-order valence-corrected chi connectivity index (χ2v) is 8.65. The number of halogens is 3. The van der Waals surface area contributed by atoms with Crippen molar-refractivity contribution in [1.29, 1.82) is 0 Å². The van der Waals surface area contributed by atoms with E-state index in [-0.39, 0.29) is 5.54 Å². The molecule has 1 unspecified atom stereocenters. The molecule has 1 aromatic heterocycles. The maximum atomic E-state index is 4.73. The summed E-state index contributed by atoms with van der Waals surface area (Å²) in [7, 11) is 0. The third-order valence-corrected chi connectivity index (χ3v) is 7.93. The Kier molecular flexibility index (Phi) is 9.41. The van der Waals surface area contributed by atoms with Crippen molar-refractivity contribution in [2.45, 2.75) is 84.1 Å². The van der Waals surface area contributed by atoms with Gasteiger partial charge in [-0.3, -0.25) is 4.68 Å². The molecule has 0 aliphatic heterocycles. The first-order valence-corrected chi connectivity index (χ1v) is 10.7. The van der Waals surface area contributed by atoms with Gasteiger partial charge in [-0.1, -0.05) is 58.8 Å². The summed E-state index contributed by atoms with van der Waals surface area (Å²) < 4.78 is 5.43. The number of nitrogens with zero attached hydrogens (tertiary/aromatic N) is 2. The highest BCUT2D eigenvalue weighted by molar-refractivity contribution is 14.1. The molecule has 5 heteroatoms. The predicted molar refractivity (Wildman–Crippen MR) is 107 cm³/mol. The van der Waals surface area contributed by atoms with Crippen LogP contribution in [0.25, 0.3) is 0 Å². The van der Waals surface area contributed by atoms with E-state index in [2.05, 4.69) is 79.9 Å². The second-order valence-electron chi connectivity index (χ2n) is 6.07. The average molecular weight is 534 g/mol. The van der Waals surface area contributed by atoms with E-state index in [9.17, 15) is 0 Å². The summed E-state index contributed by atoms with van der Waals surface area (Å²) in [5, 5.41) is 4.73. The molecule has 0 N–H and O–H groups in total. The van der Waals surface area contributed by atoms with E-state index in [4.69, 9.17) is 5.10 Å². The van der Waals surface area contributed by atoms with Gasteiger partial charge in [0.05, 0.1) is 9.11 Å². The Balaban J connectivity index is 2.79. The lowest BCUT2D eigenvalue weighted by molar-refractivity contribution is 0.224. The van der Waals surface area contributed by atoms with E-state index in [1.54, 1.807) is 0 Å². The van der Waals surface area contributed by atoms with Crippen LogP contribution in [0.3, 0.4) is 0 Å². The van der Waals surface area contributed by atoms with E-state index in [0.717, 1.165) is 9.21 Å². The number of hydrogen-bond donors (Lipinski definition) is 0.